The summed E-state index contributed by atoms with van der Waals surface area (Å²) in [5.74, 6) is -1.82. The number of carbonyl (C=O) groups is 1. The van der Waals surface area contributed by atoms with Crippen molar-refractivity contribution in [2.24, 2.45) is 0 Å². The van der Waals surface area contributed by atoms with Gasteiger partial charge in [0.05, 0.1) is 19.2 Å². The number of aromatic nitrogens is 2. The molecule has 1 amide bonds. The Hall–Kier alpha value is -2.61. The number of benzene rings is 1. The van der Waals surface area contributed by atoms with Gasteiger partial charge in [0, 0.05) is 18.7 Å². The van der Waals surface area contributed by atoms with E-state index in [1.54, 1.807) is 0 Å². The van der Waals surface area contributed by atoms with Crippen molar-refractivity contribution >= 4 is 5.91 Å². The number of rotatable bonds is 6. The molecular formula is C16H17F2N3O3. The van der Waals surface area contributed by atoms with E-state index in [4.69, 9.17) is 4.74 Å². The van der Waals surface area contributed by atoms with Crippen LogP contribution in [-0.4, -0.2) is 29.4 Å². The minimum Gasteiger partial charge on any atom is -0.383 e. The lowest BCUT2D eigenvalue weighted by atomic mass is 10.1. The number of methoxy groups -OCH3 is 1. The summed E-state index contributed by atoms with van der Waals surface area (Å²) >= 11 is 0. The van der Waals surface area contributed by atoms with Crippen LogP contribution in [-0.2, 0) is 11.3 Å². The van der Waals surface area contributed by atoms with Gasteiger partial charge in [0.15, 0.2) is 0 Å². The van der Waals surface area contributed by atoms with Gasteiger partial charge < -0.3 is 10.1 Å². The van der Waals surface area contributed by atoms with E-state index in [1.807, 2.05) is 0 Å². The molecule has 1 N–H and O–H groups in total. The molecule has 6 nitrogen and oxygen atoms in total. The van der Waals surface area contributed by atoms with Crippen LogP contribution in [0.4, 0.5) is 8.78 Å². The average Bonchev–Trinajstić information content (AvgIpc) is 2.56. The lowest BCUT2D eigenvalue weighted by Gasteiger charge is -2.15. The predicted octanol–water partition coefficient (Wildman–Crippen LogP) is 1.66. The monoisotopic (exact) mass is 337 g/mol. The van der Waals surface area contributed by atoms with Crippen LogP contribution in [0.3, 0.4) is 0 Å². The maximum absolute atomic E-state index is 13.7. The molecule has 1 aromatic heterocycles. The molecule has 128 valence electrons. The van der Waals surface area contributed by atoms with E-state index in [-0.39, 0.29) is 30.0 Å². The maximum atomic E-state index is 13.7. The molecule has 0 fully saturated rings. The van der Waals surface area contributed by atoms with Gasteiger partial charge in [-0.05, 0) is 31.2 Å². The third-order valence-corrected chi connectivity index (χ3v) is 3.38. The number of carbonyl (C=O) groups excluding carboxylic acids is 1. The Morgan fingerprint density at radius 3 is 2.79 bits per heavy atom. The smallest absolute Gasteiger partial charge is 0.272 e. The summed E-state index contributed by atoms with van der Waals surface area (Å²) in [6.07, 6.45) is 0. The van der Waals surface area contributed by atoms with E-state index in [0.717, 1.165) is 22.9 Å². The molecule has 8 heteroatoms. The Bertz CT molecular complexity index is 792. The molecule has 0 saturated heterocycles. The third-order valence-electron chi connectivity index (χ3n) is 3.38. The van der Waals surface area contributed by atoms with Crippen molar-refractivity contribution in [1.82, 2.24) is 15.1 Å². The minimum atomic E-state index is -0.769. The first-order valence-electron chi connectivity index (χ1n) is 7.25. The van der Waals surface area contributed by atoms with Gasteiger partial charge in [0.25, 0.3) is 11.5 Å². The maximum Gasteiger partial charge on any atom is 0.272 e. The van der Waals surface area contributed by atoms with E-state index >= 15 is 0 Å². The molecule has 0 radical (unpaired) electrons. The Morgan fingerprint density at radius 1 is 1.33 bits per heavy atom. The zero-order valence-corrected chi connectivity index (χ0v) is 13.3. The minimum absolute atomic E-state index is 0.00522. The first-order valence-corrected chi connectivity index (χ1v) is 7.25. The zero-order valence-electron chi connectivity index (χ0n) is 13.3. The molecule has 0 unspecified atom stereocenters. The summed E-state index contributed by atoms with van der Waals surface area (Å²) in [4.78, 5) is 23.9. The van der Waals surface area contributed by atoms with Crippen molar-refractivity contribution in [3.63, 3.8) is 0 Å². The van der Waals surface area contributed by atoms with Crippen LogP contribution in [0.25, 0.3) is 0 Å². The number of hydrogen-bond acceptors (Lipinski definition) is 4. The largest absolute Gasteiger partial charge is 0.383 e. The molecule has 0 aliphatic heterocycles. The second kappa shape index (κ2) is 7.78. The van der Waals surface area contributed by atoms with Crippen molar-refractivity contribution in [2.45, 2.75) is 19.5 Å². The summed E-state index contributed by atoms with van der Waals surface area (Å²) in [6, 6.07) is 4.74. The van der Waals surface area contributed by atoms with E-state index in [9.17, 15) is 18.4 Å². The zero-order chi connectivity index (χ0) is 17.7. The van der Waals surface area contributed by atoms with Gasteiger partial charge in [0.2, 0.25) is 0 Å². The van der Waals surface area contributed by atoms with Gasteiger partial charge in [-0.1, -0.05) is 0 Å². The summed E-state index contributed by atoms with van der Waals surface area (Å²) in [5, 5.41) is 6.47. The summed E-state index contributed by atoms with van der Waals surface area (Å²) < 4.78 is 33.0. The van der Waals surface area contributed by atoms with Crippen LogP contribution >= 0.6 is 0 Å². The highest BCUT2D eigenvalue weighted by Gasteiger charge is 2.17. The fraction of sp³-hybridized carbons (Fsp3) is 0.312. The van der Waals surface area contributed by atoms with Gasteiger partial charge in [0.1, 0.15) is 17.3 Å². The summed E-state index contributed by atoms with van der Waals surface area (Å²) in [7, 11) is 1.48. The highest BCUT2D eigenvalue weighted by molar-refractivity contribution is 5.92. The normalized spacial score (nSPS) is 12.0. The molecule has 0 saturated carbocycles. The van der Waals surface area contributed by atoms with Gasteiger partial charge >= 0.3 is 0 Å². The van der Waals surface area contributed by atoms with E-state index < -0.39 is 23.6 Å². The first kappa shape index (κ1) is 17.7. The SMILES string of the molecule is COCCn1nc(C(=O)N[C@@H](C)c2cc(F)ccc2F)ccc1=O. The van der Waals surface area contributed by atoms with Crippen LogP contribution in [0.1, 0.15) is 29.0 Å². The highest BCUT2D eigenvalue weighted by Crippen LogP contribution is 2.18. The fourth-order valence-electron chi connectivity index (χ4n) is 2.10. The van der Waals surface area contributed by atoms with E-state index in [2.05, 4.69) is 10.4 Å². The molecule has 0 aliphatic carbocycles. The second-order valence-electron chi connectivity index (χ2n) is 5.13. The number of nitrogens with one attached hydrogen (secondary N) is 1. The molecular weight excluding hydrogens is 320 g/mol. The van der Waals surface area contributed by atoms with Gasteiger partial charge in [-0.2, -0.15) is 5.10 Å². The van der Waals surface area contributed by atoms with Gasteiger partial charge in [-0.15, -0.1) is 0 Å². The second-order valence-corrected chi connectivity index (χ2v) is 5.13. The van der Waals surface area contributed by atoms with Crippen LogP contribution < -0.4 is 10.9 Å². The molecule has 1 heterocycles. The van der Waals surface area contributed by atoms with Crippen LogP contribution in [0, 0.1) is 11.6 Å². The van der Waals surface area contributed by atoms with Crippen molar-refractivity contribution in [3.05, 3.63) is 63.6 Å². The number of nitrogens with zero attached hydrogens (tertiary/aromatic N) is 2. The van der Waals surface area contributed by atoms with Crippen molar-refractivity contribution in [2.75, 3.05) is 13.7 Å². The predicted molar refractivity (Wildman–Crippen MR) is 82.6 cm³/mol. The number of hydrogen-bond donors (Lipinski definition) is 1. The molecule has 0 bridgehead atoms. The van der Waals surface area contributed by atoms with Gasteiger partial charge in [-0.25, -0.2) is 13.5 Å². The topological polar surface area (TPSA) is 73.2 Å². The summed E-state index contributed by atoms with van der Waals surface area (Å²) in [6.45, 7) is 1.99. The number of ether oxygens (including phenoxy) is 1. The Balaban J connectivity index is 2.17. The van der Waals surface area contributed by atoms with Crippen LogP contribution in [0.2, 0.25) is 0 Å². The summed E-state index contributed by atoms with van der Waals surface area (Å²) in [5.41, 5.74) is -0.349. The molecule has 2 rings (SSSR count). The molecule has 0 aliphatic rings. The van der Waals surface area contributed by atoms with Gasteiger partial charge in [-0.3, -0.25) is 9.59 Å². The van der Waals surface area contributed by atoms with Crippen molar-refractivity contribution in [3.8, 4) is 0 Å². The number of amides is 1. The molecule has 24 heavy (non-hydrogen) atoms. The van der Waals surface area contributed by atoms with Crippen molar-refractivity contribution in [1.29, 1.82) is 0 Å². The van der Waals surface area contributed by atoms with Crippen LogP contribution in [0.5, 0.6) is 0 Å². The van der Waals surface area contributed by atoms with E-state index in [0.29, 0.717) is 0 Å². The Labute approximate surface area is 137 Å². The lowest BCUT2D eigenvalue weighted by molar-refractivity contribution is 0.0930. The van der Waals surface area contributed by atoms with Crippen LogP contribution in [0.15, 0.2) is 35.1 Å². The first-order chi connectivity index (χ1) is 11.4. The Morgan fingerprint density at radius 2 is 2.08 bits per heavy atom. The Kier molecular flexibility index (Phi) is 5.75. The standard InChI is InChI=1S/C16H17F2N3O3/c1-10(12-9-11(17)3-4-13(12)18)19-16(23)14-5-6-15(22)21(20-14)7-8-24-2/h3-6,9-10H,7-8H2,1-2H3,(H,19,23)/t10-/m0/s1. The average molecular weight is 337 g/mol. The number of halogens is 2. The molecule has 1 atom stereocenters. The molecule has 0 spiro atoms. The highest BCUT2D eigenvalue weighted by atomic mass is 19.1. The van der Waals surface area contributed by atoms with E-state index in [1.165, 1.54) is 26.2 Å². The quantitative estimate of drug-likeness (QED) is 0.870. The molecule has 2 aromatic rings. The van der Waals surface area contributed by atoms with Crippen molar-refractivity contribution < 1.29 is 18.3 Å². The third kappa shape index (κ3) is 4.23. The lowest BCUT2D eigenvalue weighted by Crippen LogP contribution is -2.32. The molecule has 1 aromatic carbocycles. The fourth-order valence-corrected chi connectivity index (χ4v) is 2.10.